The van der Waals surface area contributed by atoms with E-state index in [2.05, 4.69) is 10.3 Å². The molecule has 0 fully saturated rings. The van der Waals surface area contributed by atoms with E-state index in [-0.39, 0.29) is 12.2 Å². The molecular weight excluding hydrogens is 235 g/mol. The summed E-state index contributed by atoms with van der Waals surface area (Å²) in [5, 5.41) is 2.36. The highest BCUT2D eigenvalue weighted by molar-refractivity contribution is 5.92. The van der Waals surface area contributed by atoms with Gasteiger partial charge >= 0.3 is 0 Å². The van der Waals surface area contributed by atoms with Crippen LogP contribution in [0, 0.1) is 6.92 Å². The molecule has 0 saturated carbocycles. The summed E-state index contributed by atoms with van der Waals surface area (Å²) >= 11 is 0. The van der Waals surface area contributed by atoms with Crippen LogP contribution in [-0.4, -0.2) is 24.1 Å². The molecule has 0 aliphatic heterocycles. The molecule has 0 aliphatic rings. The maximum Gasteiger partial charge on any atom is 0.273 e. The zero-order valence-electron chi connectivity index (χ0n) is 9.52. The molecule has 2 radical (unpaired) electrons. The van der Waals surface area contributed by atoms with Crippen LogP contribution in [0.25, 0.3) is 11.5 Å². The smallest absolute Gasteiger partial charge is 0.273 e. The number of oxazole rings is 1. The van der Waals surface area contributed by atoms with Gasteiger partial charge in [0.05, 0.1) is 0 Å². The Morgan fingerprint density at radius 2 is 2.33 bits per heavy atom. The number of nitrogens with one attached hydrogen (secondary N) is 1. The number of hydrogen-bond acceptors (Lipinski definition) is 3. The third kappa shape index (κ3) is 2.74. The Kier molecular flexibility index (Phi) is 3.72. The molecule has 1 aromatic heterocycles. The van der Waals surface area contributed by atoms with E-state index >= 15 is 0 Å². The summed E-state index contributed by atoms with van der Waals surface area (Å²) in [6, 6.07) is 6.96. The molecule has 18 heavy (non-hydrogen) atoms. The lowest BCUT2D eigenvalue weighted by Crippen LogP contribution is -2.25. The predicted molar refractivity (Wildman–Crippen MR) is 63.6 cm³/mol. The highest BCUT2D eigenvalue weighted by atomic mass is 19.1. The third-order valence-corrected chi connectivity index (χ3v) is 2.25. The van der Waals surface area contributed by atoms with Crippen molar-refractivity contribution in [3.8, 4) is 11.5 Å². The van der Waals surface area contributed by atoms with Crippen molar-refractivity contribution in [2.45, 2.75) is 0 Å². The fraction of sp³-hybridized carbons (Fsp3) is 0.154. The van der Waals surface area contributed by atoms with Crippen molar-refractivity contribution in [1.82, 2.24) is 10.3 Å². The Bertz CT molecular complexity index is 551. The van der Waals surface area contributed by atoms with Crippen LogP contribution in [-0.2, 0) is 0 Å². The number of carbonyl (C=O) groups is 1. The van der Waals surface area contributed by atoms with E-state index in [0.717, 1.165) is 0 Å². The van der Waals surface area contributed by atoms with Crippen LogP contribution >= 0.6 is 0 Å². The monoisotopic (exact) mass is 246 g/mol. The first-order chi connectivity index (χ1) is 8.70. The van der Waals surface area contributed by atoms with Crippen molar-refractivity contribution in [1.29, 1.82) is 0 Å². The summed E-state index contributed by atoms with van der Waals surface area (Å²) in [5.74, 6) is -0.167. The van der Waals surface area contributed by atoms with E-state index in [4.69, 9.17) is 11.3 Å². The van der Waals surface area contributed by atoms with Gasteiger partial charge in [-0.15, -0.1) is 0 Å². The lowest BCUT2D eigenvalue weighted by molar-refractivity contribution is 0.0946. The molecule has 1 N–H and O–H groups in total. The highest BCUT2D eigenvalue weighted by Crippen LogP contribution is 2.19. The minimum Gasteiger partial charge on any atom is -0.444 e. The van der Waals surface area contributed by atoms with Crippen LogP contribution in [0.4, 0.5) is 4.39 Å². The largest absolute Gasteiger partial charge is 0.444 e. The van der Waals surface area contributed by atoms with Crippen LogP contribution < -0.4 is 5.32 Å². The van der Waals surface area contributed by atoms with Gasteiger partial charge in [-0.2, -0.15) is 0 Å². The second-order valence-electron chi connectivity index (χ2n) is 3.61. The minimum absolute atomic E-state index is 0.0423. The van der Waals surface area contributed by atoms with Crippen molar-refractivity contribution >= 4 is 5.91 Å². The van der Waals surface area contributed by atoms with Crippen LogP contribution in [0.5, 0.6) is 0 Å². The van der Waals surface area contributed by atoms with Crippen LogP contribution in [0.15, 0.2) is 34.9 Å². The molecule has 5 heteroatoms. The molecule has 0 atom stereocenters. The fourth-order valence-electron chi connectivity index (χ4n) is 1.43. The van der Waals surface area contributed by atoms with Crippen molar-refractivity contribution in [2.75, 3.05) is 13.2 Å². The zero-order chi connectivity index (χ0) is 13.0. The summed E-state index contributed by atoms with van der Waals surface area (Å²) in [6.45, 7) is 4.98. The standard InChI is InChI=1S/C13H11FN2O2/c1-9-3-2-4-10(7-9)13-16-11(8-18-13)12(17)15-6-5-14/h1-4,7-8H,5-6H2,(H,15,17). The number of amides is 1. The Balaban J connectivity index is 2.17. The molecule has 92 valence electrons. The van der Waals surface area contributed by atoms with Gasteiger partial charge in [0.25, 0.3) is 5.91 Å². The molecule has 2 rings (SSSR count). The average Bonchev–Trinajstić information content (AvgIpc) is 2.85. The molecule has 1 aromatic carbocycles. The first-order valence-electron chi connectivity index (χ1n) is 5.36. The number of aromatic nitrogens is 1. The quantitative estimate of drug-likeness (QED) is 0.898. The van der Waals surface area contributed by atoms with Gasteiger partial charge in [0, 0.05) is 12.1 Å². The van der Waals surface area contributed by atoms with Crippen LogP contribution in [0.1, 0.15) is 16.1 Å². The number of nitrogens with zero attached hydrogens (tertiary/aromatic N) is 1. The predicted octanol–water partition coefficient (Wildman–Crippen LogP) is 2.10. The van der Waals surface area contributed by atoms with Gasteiger partial charge < -0.3 is 9.73 Å². The number of benzene rings is 1. The molecule has 0 saturated heterocycles. The first kappa shape index (κ1) is 12.3. The van der Waals surface area contributed by atoms with Gasteiger partial charge in [-0.25, -0.2) is 9.37 Å². The summed E-state index contributed by atoms with van der Waals surface area (Å²) in [7, 11) is 0. The topological polar surface area (TPSA) is 55.1 Å². The highest BCUT2D eigenvalue weighted by Gasteiger charge is 2.12. The number of hydrogen-bond donors (Lipinski definition) is 1. The van der Waals surface area contributed by atoms with Crippen LogP contribution in [0.3, 0.4) is 0 Å². The minimum atomic E-state index is -0.619. The zero-order valence-corrected chi connectivity index (χ0v) is 9.52. The summed E-state index contributed by atoms with van der Waals surface area (Å²) < 4.78 is 17.1. The number of carbonyl (C=O) groups excluding carboxylic acids is 1. The van der Waals surface area contributed by atoms with Crippen molar-refractivity contribution in [3.63, 3.8) is 0 Å². The van der Waals surface area contributed by atoms with Gasteiger partial charge in [0.1, 0.15) is 12.9 Å². The molecular formula is C13H11FN2O2. The van der Waals surface area contributed by atoms with Gasteiger partial charge in [-0.05, 0) is 24.6 Å². The Labute approximate surface area is 104 Å². The third-order valence-electron chi connectivity index (χ3n) is 2.25. The molecule has 0 aliphatic carbocycles. The van der Waals surface area contributed by atoms with E-state index in [1.807, 2.05) is 0 Å². The second-order valence-corrected chi connectivity index (χ2v) is 3.61. The fourth-order valence-corrected chi connectivity index (χ4v) is 1.43. The van der Waals surface area contributed by atoms with Gasteiger partial charge in [-0.3, -0.25) is 4.79 Å². The molecule has 0 spiro atoms. The molecule has 0 unspecified atom stereocenters. The number of alkyl halides is 1. The van der Waals surface area contributed by atoms with Gasteiger partial charge in [-0.1, -0.05) is 12.1 Å². The van der Waals surface area contributed by atoms with Crippen molar-refractivity contribution < 1.29 is 13.6 Å². The molecule has 1 amide bonds. The Morgan fingerprint density at radius 3 is 3.06 bits per heavy atom. The van der Waals surface area contributed by atoms with Gasteiger partial charge in [0.2, 0.25) is 5.89 Å². The SMILES string of the molecule is [CH]c1cccc(-c2nc(C(=O)NCCF)co2)c1. The second kappa shape index (κ2) is 5.44. The lowest BCUT2D eigenvalue weighted by Gasteiger charge is -1.97. The summed E-state index contributed by atoms with van der Waals surface area (Å²) in [5.41, 5.74) is 1.37. The number of rotatable bonds is 4. The molecule has 2 aromatic rings. The summed E-state index contributed by atoms with van der Waals surface area (Å²) in [6.07, 6.45) is 1.23. The maximum atomic E-state index is 11.9. The molecule has 4 nitrogen and oxygen atoms in total. The molecule has 0 bridgehead atoms. The normalized spacial score (nSPS) is 10.3. The van der Waals surface area contributed by atoms with E-state index in [1.54, 1.807) is 24.3 Å². The maximum absolute atomic E-state index is 11.9. The lowest BCUT2D eigenvalue weighted by atomic mass is 10.1. The van der Waals surface area contributed by atoms with E-state index in [1.165, 1.54) is 6.26 Å². The van der Waals surface area contributed by atoms with Crippen molar-refractivity contribution in [2.24, 2.45) is 0 Å². The van der Waals surface area contributed by atoms with E-state index < -0.39 is 12.6 Å². The van der Waals surface area contributed by atoms with Crippen molar-refractivity contribution in [3.05, 3.63) is 48.7 Å². The van der Waals surface area contributed by atoms with E-state index in [9.17, 15) is 9.18 Å². The van der Waals surface area contributed by atoms with Crippen LogP contribution in [0.2, 0.25) is 0 Å². The van der Waals surface area contributed by atoms with Gasteiger partial charge in [0.15, 0.2) is 5.69 Å². The average molecular weight is 246 g/mol. The summed E-state index contributed by atoms with van der Waals surface area (Å²) in [4.78, 5) is 15.5. The number of halogens is 1. The first-order valence-corrected chi connectivity index (χ1v) is 5.36. The van der Waals surface area contributed by atoms with E-state index in [0.29, 0.717) is 17.0 Å². The molecule has 1 heterocycles. The Morgan fingerprint density at radius 1 is 1.50 bits per heavy atom. The Hall–Kier alpha value is -2.17.